The van der Waals surface area contributed by atoms with E-state index >= 15 is 4.39 Å². The molecule has 1 aliphatic carbocycles. The summed E-state index contributed by atoms with van der Waals surface area (Å²) in [4.78, 5) is 33.0. The van der Waals surface area contributed by atoms with Gasteiger partial charge in [0.25, 0.3) is 5.56 Å². The van der Waals surface area contributed by atoms with Gasteiger partial charge in [0.2, 0.25) is 15.9 Å². The molecule has 1 saturated carbocycles. The Labute approximate surface area is 299 Å². The van der Waals surface area contributed by atoms with Crippen LogP contribution < -0.4 is 20.3 Å². The average Bonchev–Trinajstić information content (AvgIpc) is 3.72. The zero-order valence-corrected chi connectivity index (χ0v) is 29.4. The van der Waals surface area contributed by atoms with Crippen LogP contribution in [0.15, 0.2) is 59.5 Å². The maximum Gasteiger partial charge on any atom is 0.269 e. The Kier molecular flexibility index (Phi) is 8.94. The van der Waals surface area contributed by atoms with Crippen LogP contribution in [0.2, 0.25) is 5.02 Å². The zero-order chi connectivity index (χ0) is 37.1. The molecule has 270 valence electrons. The number of ether oxygens (including phenoxy) is 1. The van der Waals surface area contributed by atoms with Crippen LogP contribution >= 0.6 is 11.6 Å². The minimum atomic E-state index is -3.84. The van der Waals surface area contributed by atoms with Gasteiger partial charge in [0, 0.05) is 43.8 Å². The molecular formula is C34H30ClF3N8O5S. The molecule has 6 aromatic rings. The first-order chi connectivity index (χ1) is 24.7. The predicted molar refractivity (Wildman–Crippen MR) is 187 cm³/mol. The van der Waals surface area contributed by atoms with Crippen molar-refractivity contribution < 1.29 is 31.1 Å². The van der Waals surface area contributed by atoms with Gasteiger partial charge in [-0.25, -0.2) is 26.6 Å². The summed E-state index contributed by atoms with van der Waals surface area (Å²) < 4.78 is 80.5. The van der Waals surface area contributed by atoms with E-state index in [2.05, 4.69) is 25.2 Å². The van der Waals surface area contributed by atoms with Crippen molar-refractivity contribution in [2.75, 3.05) is 18.1 Å². The minimum absolute atomic E-state index is 0.0337. The van der Waals surface area contributed by atoms with Crippen molar-refractivity contribution in [2.45, 2.75) is 37.8 Å². The molecule has 3 aromatic heterocycles. The molecule has 18 heteroatoms. The van der Waals surface area contributed by atoms with Gasteiger partial charge in [-0.3, -0.25) is 28.2 Å². The van der Waals surface area contributed by atoms with Crippen molar-refractivity contribution in [3.05, 3.63) is 105 Å². The monoisotopic (exact) mass is 754 g/mol. The van der Waals surface area contributed by atoms with Crippen LogP contribution in [0, 0.1) is 17.5 Å². The molecule has 1 aliphatic rings. The fourth-order valence-corrected chi connectivity index (χ4v) is 6.98. The summed E-state index contributed by atoms with van der Waals surface area (Å²) in [6.07, 6.45) is 4.33. The Morgan fingerprint density at radius 1 is 1.06 bits per heavy atom. The lowest BCUT2D eigenvalue weighted by Gasteiger charge is -2.24. The number of aryl methyl sites for hydroxylation is 1. The van der Waals surface area contributed by atoms with Crippen LogP contribution in [-0.4, -0.2) is 56.8 Å². The van der Waals surface area contributed by atoms with E-state index in [9.17, 15) is 26.8 Å². The number of nitrogens with zero attached hydrogens (tertiary/aromatic N) is 6. The summed E-state index contributed by atoms with van der Waals surface area (Å²) in [5, 5.41) is 11.4. The van der Waals surface area contributed by atoms with Gasteiger partial charge in [0.1, 0.15) is 41.0 Å². The standard InChI is InChI=1S/C34H30ClF3N8O5S/c1-44-31-27(7-6-22(35)29(31)32(42-44)43-52(3,49)50)46-33(40-25-15-21(51-2)14-23(38)30(25)34(46)48)26(12-17-10-19(36)13-20(37)11-17)39-28(47)16-45-9-8-24(41-45)18-4-5-18/h6-11,13-15,18,26H,4-5,12,16H2,1-3H3,(H,39,47)(H,42,43)/t26-/m0/s1. The van der Waals surface area contributed by atoms with Crippen LogP contribution in [-0.2, 0) is 34.8 Å². The number of amides is 1. The van der Waals surface area contributed by atoms with Crippen LogP contribution in [0.5, 0.6) is 5.75 Å². The Balaban J connectivity index is 1.47. The number of halogens is 4. The molecule has 0 bridgehead atoms. The molecule has 1 fully saturated rings. The van der Waals surface area contributed by atoms with Crippen molar-refractivity contribution >= 4 is 55.2 Å². The van der Waals surface area contributed by atoms with Crippen molar-refractivity contribution in [3.63, 3.8) is 0 Å². The molecule has 0 aliphatic heterocycles. The van der Waals surface area contributed by atoms with Gasteiger partial charge in [0.05, 0.1) is 52.2 Å². The molecule has 13 nitrogen and oxygen atoms in total. The molecular weight excluding hydrogens is 725 g/mol. The van der Waals surface area contributed by atoms with Gasteiger partial charge in [-0.2, -0.15) is 10.2 Å². The zero-order valence-electron chi connectivity index (χ0n) is 27.8. The highest BCUT2D eigenvalue weighted by atomic mass is 35.5. The van der Waals surface area contributed by atoms with Gasteiger partial charge in [-0.1, -0.05) is 11.6 Å². The number of carbonyl (C=O) groups excluding carboxylic acids is 1. The summed E-state index contributed by atoms with van der Waals surface area (Å²) in [5.41, 5.74) is 0.0850. The van der Waals surface area contributed by atoms with E-state index in [1.54, 1.807) is 6.20 Å². The molecule has 7 rings (SSSR count). The van der Waals surface area contributed by atoms with Crippen LogP contribution in [0.1, 0.15) is 41.9 Å². The van der Waals surface area contributed by atoms with Gasteiger partial charge >= 0.3 is 0 Å². The summed E-state index contributed by atoms with van der Waals surface area (Å²) in [5.74, 6) is -3.20. The van der Waals surface area contributed by atoms with Gasteiger partial charge in [-0.15, -0.1) is 0 Å². The van der Waals surface area contributed by atoms with Crippen molar-refractivity contribution in [3.8, 4) is 11.4 Å². The van der Waals surface area contributed by atoms with E-state index in [-0.39, 0.29) is 63.1 Å². The Hall–Kier alpha value is -5.42. The predicted octanol–water partition coefficient (Wildman–Crippen LogP) is 4.90. The lowest BCUT2D eigenvalue weighted by atomic mass is 10.0. The number of rotatable bonds is 11. The normalized spacial score (nSPS) is 13.8. The number of hydrogen-bond donors (Lipinski definition) is 2. The van der Waals surface area contributed by atoms with E-state index < -0.39 is 50.4 Å². The Morgan fingerprint density at radius 2 is 1.79 bits per heavy atom. The SMILES string of the molecule is COc1cc(F)c2c(=O)n(-c3ccc(Cl)c4c(NS(C)(=O)=O)nn(C)c34)c([C@H](Cc3cc(F)cc(F)c3)NC(=O)Cn3ccc(C4CC4)n3)nc2c1. The van der Waals surface area contributed by atoms with E-state index in [0.717, 1.165) is 47.6 Å². The molecule has 52 heavy (non-hydrogen) atoms. The topological polar surface area (TPSA) is 155 Å². The first kappa shape index (κ1) is 35.0. The van der Waals surface area contributed by atoms with E-state index in [1.807, 2.05) is 6.07 Å². The highest BCUT2D eigenvalue weighted by Gasteiger charge is 2.29. The molecule has 1 amide bonds. The number of methoxy groups -OCH3 is 1. The number of aromatic nitrogens is 6. The number of anilines is 1. The maximum absolute atomic E-state index is 15.7. The number of carbonyl (C=O) groups is 1. The van der Waals surface area contributed by atoms with Crippen LogP contribution in [0.4, 0.5) is 19.0 Å². The molecule has 2 N–H and O–H groups in total. The fraction of sp³-hybridized carbons (Fsp3) is 0.265. The van der Waals surface area contributed by atoms with E-state index in [1.165, 1.54) is 41.7 Å². The molecule has 0 radical (unpaired) electrons. The Morgan fingerprint density at radius 3 is 2.46 bits per heavy atom. The molecule has 1 atom stereocenters. The molecule has 0 unspecified atom stereocenters. The quantitative estimate of drug-likeness (QED) is 0.189. The second-order valence-electron chi connectivity index (χ2n) is 12.6. The third-order valence-electron chi connectivity index (χ3n) is 8.57. The number of nitrogens with one attached hydrogen (secondary N) is 2. The summed E-state index contributed by atoms with van der Waals surface area (Å²) in [6, 6.07) is 8.58. The van der Waals surface area contributed by atoms with Crippen molar-refractivity contribution in [1.29, 1.82) is 0 Å². The Bertz CT molecular complexity index is 2570. The number of hydrogen-bond acceptors (Lipinski definition) is 8. The van der Waals surface area contributed by atoms with E-state index in [4.69, 9.17) is 16.3 Å². The number of benzene rings is 3. The van der Waals surface area contributed by atoms with Crippen LogP contribution in [0.3, 0.4) is 0 Å². The smallest absolute Gasteiger partial charge is 0.269 e. The fourth-order valence-electron chi connectivity index (χ4n) is 6.25. The lowest BCUT2D eigenvalue weighted by Crippen LogP contribution is -2.37. The largest absolute Gasteiger partial charge is 0.497 e. The average molecular weight is 755 g/mol. The maximum atomic E-state index is 15.7. The van der Waals surface area contributed by atoms with Gasteiger partial charge in [-0.05, 0) is 48.7 Å². The van der Waals surface area contributed by atoms with Gasteiger partial charge < -0.3 is 10.1 Å². The molecule has 3 heterocycles. The molecule has 3 aromatic carbocycles. The van der Waals surface area contributed by atoms with Crippen molar-refractivity contribution in [2.24, 2.45) is 7.05 Å². The minimum Gasteiger partial charge on any atom is -0.497 e. The summed E-state index contributed by atoms with van der Waals surface area (Å²) >= 11 is 6.57. The summed E-state index contributed by atoms with van der Waals surface area (Å²) in [7, 11) is -1.05. The van der Waals surface area contributed by atoms with Crippen molar-refractivity contribution in [1.82, 2.24) is 34.4 Å². The third kappa shape index (κ3) is 6.92. The van der Waals surface area contributed by atoms with E-state index in [0.29, 0.717) is 12.0 Å². The highest BCUT2D eigenvalue weighted by molar-refractivity contribution is 7.92. The number of sulfonamides is 1. The lowest BCUT2D eigenvalue weighted by molar-refractivity contribution is -0.122. The van der Waals surface area contributed by atoms with Crippen LogP contribution in [0.25, 0.3) is 27.5 Å². The molecule has 0 spiro atoms. The first-order valence-electron chi connectivity index (χ1n) is 15.9. The first-order valence-corrected chi connectivity index (χ1v) is 18.2. The second kappa shape index (κ2) is 13.3. The number of fused-ring (bicyclic) bond motifs is 2. The third-order valence-corrected chi connectivity index (χ3v) is 9.45. The highest BCUT2D eigenvalue weighted by Crippen LogP contribution is 2.39. The second-order valence-corrected chi connectivity index (χ2v) is 14.7. The summed E-state index contributed by atoms with van der Waals surface area (Å²) in [6.45, 7) is -0.242. The van der Waals surface area contributed by atoms with Gasteiger partial charge in [0.15, 0.2) is 5.82 Å². The molecule has 0 saturated heterocycles.